The lowest BCUT2D eigenvalue weighted by Gasteiger charge is -2.18. The van der Waals surface area contributed by atoms with Crippen LogP contribution in [0.5, 0.6) is 0 Å². The highest BCUT2D eigenvalue weighted by Gasteiger charge is 2.11. The van der Waals surface area contributed by atoms with Crippen molar-refractivity contribution in [2.24, 2.45) is 5.73 Å². The molecule has 0 fully saturated rings. The lowest BCUT2D eigenvalue weighted by atomic mass is 9.96. The first-order valence-corrected chi connectivity index (χ1v) is 4.94. The van der Waals surface area contributed by atoms with Crippen LogP contribution in [0.4, 0.5) is 0 Å². The van der Waals surface area contributed by atoms with E-state index >= 15 is 0 Å². The minimum absolute atomic E-state index is 0. The van der Waals surface area contributed by atoms with Gasteiger partial charge in [-0.2, -0.15) is 0 Å². The minimum Gasteiger partial charge on any atom is -0.481 e. The van der Waals surface area contributed by atoms with Gasteiger partial charge in [0.05, 0.1) is 0 Å². The third-order valence-electron chi connectivity index (χ3n) is 1.82. The van der Waals surface area contributed by atoms with Crippen LogP contribution < -0.4 is 11.9 Å². The zero-order valence-electron chi connectivity index (χ0n) is 10.2. The molecular weight excluding hydrogens is 204 g/mol. The molecule has 16 heavy (non-hydrogen) atoms. The summed E-state index contributed by atoms with van der Waals surface area (Å²) < 4.78 is 0. The standard InChI is InChI=1S/C9H13N.C3H6O2.H3N/c1-9(2,10)8-6-4-3-5-7-8;1-2-3(4)5;/h3-7H,10H2,1-2H3;2H2,1H3,(H,4,5);1H3. The third kappa shape index (κ3) is 7.96. The van der Waals surface area contributed by atoms with Gasteiger partial charge in [0.15, 0.2) is 0 Å². The van der Waals surface area contributed by atoms with E-state index in [9.17, 15) is 4.79 Å². The Morgan fingerprint density at radius 1 is 1.31 bits per heavy atom. The quantitative estimate of drug-likeness (QED) is 0.721. The lowest BCUT2D eigenvalue weighted by Crippen LogP contribution is -2.28. The molecule has 0 radical (unpaired) electrons. The van der Waals surface area contributed by atoms with Crippen molar-refractivity contribution in [1.82, 2.24) is 6.15 Å². The maximum absolute atomic E-state index is 9.37. The molecule has 0 atom stereocenters. The zero-order chi connectivity index (χ0) is 11.9. The Morgan fingerprint density at radius 2 is 1.69 bits per heavy atom. The van der Waals surface area contributed by atoms with E-state index in [1.54, 1.807) is 6.92 Å². The van der Waals surface area contributed by atoms with Crippen LogP contribution in [0.1, 0.15) is 32.8 Å². The summed E-state index contributed by atoms with van der Waals surface area (Å²) in [7, 11) is 0. The Labute approximate surface area is 97.1 Å². The number of hydrogen-bond donors (Lipinski definition) is 3. The van der Waals surface area contributed by atoms with Crippen molar-refractivity contribution >= 4 is 5.97 Å². The molecule has 0 aliphatic heterocycles. The van der Waals surface area contributed by atoms with Crippen LogP contribution in [-0.2, 0) is 10.3 Å². The summed E-state index contributed by atoms with van der Waals surface area (Å²) in [6.45, 7) is 5.60. The molecule has 0 heterocycles. The van der Waals surface area contributed by atoms with Crippen LogP contribution in [-0.4, -0.2) is 11.1 Å². The predicted molar refractivity (Wildman–Crippen MR) is 66.6 cm³/mol. The Kier molecular flexibility index (Phi) is 8.34. The number of hydrogen-bond acceptors (Lipinski definition) is 3. The van der Waals surface area contributed by atoms with Gasteiger partial charge in [-0.05, 0) is 19.4 Å². The van der Waals surface area contributed by atoms with Crippen molar-refractivity contribution in [3.8, 4) is 0 Å². The van der Waals surface area contributed by atoms with E-state index in [4.69, 9.17) is 10.8 Å². The van der Waals surface area contributed by atoms with E-state index in [1.165, 1.54) is 5.56 Å². The van der Waals surface area contributed by atoms with E-state index in [2.05, 4.69) is 0 Å². The molecule has 0 aliphatic carbocycles. The molecular formula is C12H22N2O2. The fourth-order valence-corrected chi connectivity index (χ4v) is 0.868. The van der Waals surface area contributed by atoms with Gasteiger partial charge < -0.3 is 17.0 Å². The molecule has 4 heteroatoms. The lowest BCUT2D eigenvalue weighted by molar-refractivity contribution is -0.136. The van der Waals surface area contributed by atoms with Gasteiger partial charge in [0.2, 0.25) is 0 Å². The molecule has 0 spiro atoms. The summed E-state index contributed by atoms with van der Waals surface area (Å²) in [5.41, 5.74) is 6.83. The Hall–Kier alpha value is -1.39. The fraction of sp³-hybridized carbons (Fsp3) is 0.417. The van der Waals surface area contributed by atoms with Gasteiger partial charge in [-0.1, -0.05) is 37.3 Å². The molecule has 1 aromatic rings. The monoisotopic (exact) mass is 226 g/mol. The van der Waals surface area contributed by atoms with E-state index in [-0.39, 0.29) is 18.1 Å². The second-order valence-electron chi connectivity index (χ2n) is 3.84. The van der Waals surface area contributed by atoms with Crippen LogP contribution in [0.25, 0.3) is 0 Å². The maximum Gasteiger partial charge on any atom is 0.303 e. The second kappa shape index (κ2) is 7.84. The predicted octanol–water partition coefficient (Wildman–Crippen LogP) is 2.52. The normalized spacial score (nSPS) is 9.50. The third-order valence-corrected chi connectivity index (χ3v) is 1.82. The zero-order valence-corrected chi connectivity index (χ0v) is 10.2. The van der Waals surface area contributed by atoms with Crippen molar-refractivity contribution in [1.29, 1.82) is 0 Å². The molecule has 0 aliphatic rings. The molecule has 0 saturated carbocycles. The van der Waals surface area contributed by atoms with E-state index < -0.39 is 5.97 Å². The summed E-state index contributed by atoms with van der Waals surface area (Å²) in [5.74, 6) is -0.745. The smallest absolute Gasteiger partial charge is 0.303 e. The van der Waals surface area contributed by atoms with Gasteiger partial charge in [0.25, 0.3) is 0 Å². The highest BCUT2D eigenvalue weighted by atomic mass is 16.4. The number of nitrogens with two attached hydrogens (primary N) is 1. The number of benzene rings is 1. The summed E-state index contributed by atoms with van der Waals surface area (Å²) >= 11 is 0. The molecule has 1 aromatic carbocycles. The first-order valence-electron chi connectivity index (χ1n) is 4.94. The number of rotatable bonds is 2. The van der Waals surface area contributed by atoms with Crippen molar-refractivity contribution in [3.05, 3.63) is 35.9 Å². The number of carboxylic acid groups (broad SMARTS) is 1. The first-order chi connectivity index (χ1) is 6.88. The van der Waals surface area contributed by atoms with E-state index in [0.717, 1.165) is 0 Å². The largest absolute Gasteiger partial charge is 0.481 e. The molecule has 0 saturated heterocycles. The van der Waals surface area contributed by atoms with Gasteiger partial charge >= 0.3 is 5.97 Å². The molecule has 0 amide bonds. The van der Waals surface area contributed by atoms with Gasteiger partial charge in [0, 0.05) is 12.0 Å². The van der Waals surface area contributed by atoms with Crippen molar-refractivity contribution in [2.45, 2.75) is 32.7 Å². The van der Waals surface area contributed by atoms with Crippen LogP contribution in [0, 0.1) is 0 Å². The summed E-state index contributed by atoms with van der Waals surface area (Å²) in [6, 6.07) is 10.1. The minimum atomic E-state index is -0.745. The van der Waals surface area contributed by atoms with Crippen molar-refractivity contribution in [2.75, 3.05) is 0 Å². The number of aliphatic carboxylic acids is 1. The van der Waals surface area contributed by atoms with Gasteiger partial charge in [-0.15, -0.1) is 0 Å². The second-order valence-corrected chi connectivity index (χ2v) is 3.84. The maximum atomic E-state index is 9.37. The average Bonchev–Trinajstić information content (AvgIpc) is 2.19. The molecule has 0 aromatic heterocycles. The highest BCUT2D eigenvalue weighted by molar-refractivity contribution is 5.66. The van der Waals surface area contributed by atoms with Gasteiger partial charge in [-0.25, -0.2) is 0 Å². The summed E-state index contributed by atoms with van der Waals surface area (Å²) in [6.07, 6.45) is 0.222. The Balaban J connectivity index is 0. The SMILES string of the molecule is CC(C)(N)c1ccccc1.CCC(=O)O.N. The van der Waals surface area contributed by atoms with Crippen molar-refractivity contribution < 1.29 is 9.90 Å². The molecule has 0 unspecified atom stereocenters. The van der Waals surface area contributed by atoms with Crippen LogP contribution in [0.15, 0.2) is 30.3 Å². The van der Waals surface area contributed by atoms with Gasteiger partial charge in [0.1, 0.15) is 0 Å². The summed E-state index contributed by atoms with van der Waals surface area (Å²) in [5, 5.41) is 7.72. The van der Waals surface area contributed by atoms with Crippen molar-refractivity contribution in [3.63, 3.8) is 0 Å². The highest BCUT2D eigenvalue weighted by Crippen LogP contribution is 2.14. The average molecular weight is 226 g/mol. The Bertz CT molecular complexity index is 292. The number of carbonyl (C=O) groups is 1. The fourth-order valence-electron chi connectivity index (χ4n) is 0.868. The molecule has 92 valence electrons. The van der Waals surface area contributed by atoms with Gasteiger partial charge in [-0.3, -0.25) is 4.79 Å². The first kappa shape index (κ1) is 17.0. The molecule has 6 N–H and O–H groups in total. The van der Waals surface area contributed by atoms with Crippen LogP contribution >= 0.6 is 0 Å². The van der Waals surface area contributed by atoms with Crippen LogP contribution in [0.2, 0.25) is 0 Å². The van der Waals surface area contributed by atoms with E-state index in [0.29, 0.717) is 0 Å². The number of carboxylic acids is 1. The van der Waals surface area contributed by atoms with Crippen LogP contribution in [0.3, 0.4) is 0 Å². The topological polar surface area (TPSA) is 98.3 Å². The Morgan fingerprint density at radius 3 is 1.88 bits per heavy atom. The molecule has 0 bridgehead atoms. The molecule has 4 nitrogen and oxygen atoms in total. The summed E-state index contributed by atoms with van der Waals surface area (Å²) in [4.78, 5) is 9.37. The molecule has 1 rings (SSSR count). The van der Waals surface area contributed by atoms with E-state index in [1.807, 2.05) is 44.2 Å².